The van der Waals surface area contributed by atoms with Crippen molar-refractivity contribution in [3.8, 4) is 0 Å². The molecule has 10 N–H and O–H groups in total. The fourth-order valence-electron chi connectivity index (χ4n) is 0.882. The lowest BCUT2D eigenvalue weighted by Crippen LogP contribution is -2.31. The Morgan fingerprint density at radius 1 is 0.947 bits per heavy atom. The van der Waals surface area contributed by atoms with Crippen LogP contribution in [0, 0.1) is 0 Å². The number of hydrogen-bond donors (Lipinski definition) is 6. The normalized spacial score (nSPS) is 12.8. The van der Waals surface area contributed by atoms with Crippen LogP contribution in [0.5, 0.6) is 0 Å². The number of carboxylic acids is 2. The van der Waals surface area contributed by atoms with E-state index in [1.54, 1.807) is 0 Å². The Balaban J connectivity index is 0. The van der Waals surface area contributed by atoms with Gasteiger partial charge in [-0.25, -0.2) is 0 Å². The highest BCUT2D eigenvalue weighted by Gasteiger charge is 2.11. The molecule has 0 aliphatic carbocycles. The summed E-state index contributed by atoms with van der Waals surface area (Å²) in [5.41, 5.74) is 20.1. The molecule has 0 radical (unpaired) electrons. The fourth-order valence-corrected chi connectivity index (χ4v) is 0.882. The SMILES string of the molecule is NC(=O)CC[C@H](N)C(=O)O.NCCC[C@H](N)C(=O)O. The van der Waals surface area contributed by atoms with Crippen molar-refractivity contribution >= 4 is 17.8 Å². The Kier molecular flexibility index (Phi) is 11.8. The minimum Gasteiger partial charge on any atom is -0.480 e. The highest BCUT2D eigenvalue weighted by molar-refractivity contribution is 5.77. The Morgan fingerprint density at radius 2 is 1.37 bits per heavy atom. The van der Waals surface area contributed by atoms with Crippen LogP contribution in [-0.4, -0.2) is 46.7 Å². The minimum atomic E-state index is -1.11. The summed E-state index contributed by atoms with van der Waals surface area (Å²) in [6.45, 7) is 0.501. The first-order valence-corrected chi connectivity index (χ1v) is 5.67. The first-order valence-electron chi connectivity index (χ1n) is 5.67. The van der Waals surface area contributed by atoms with Crippen molar-refractivity contribution in [2.75, 3.05) is 6.54 Å². The summed E-state index contributed by atoms with van der Waals surface area (Å²) in [5.74, 6) is -2.60. The Labute approximate surface area is 110 Å². The maximum atomic E-state index is 10.1. The molecule has 0 spiro atoms. The van der Waals surface area contributed by atoms with Crippen LogP contribution < -0.4 is 22.9 Å². The quantitative estimate of drug-likeness (QED) is 0.287. The van der Waals surface area contributed by atoms with Crippen LogP contribution in [0.4, 0.5) is 0 Å². The van der Waals surface area contributed by atoms with E-state index < -0.39 is 29.9 Å². The summed E-state index contributed by atoms with van der Waals surface area (Å²) in [5, 5.41) is 16.5. The summed E-state index contributed by atoms with van der Waals surface area (Å²) in [6, 6.07) is -1.72. The zero-order valence-corrected chi connectivity index (χ0v) is 10.6. The van der Waals surface area contributed by atoms with Gasteiger partial charge in [0, 0.05) is 6.42 Å². The number of aliphatic carboxylic acids is 2. The molecule has 0 aromatic carbocycles. The van der Waals surface area contributed by atoms with Crippen molar-refractivity contribution in [1.82, 2.24) is 0 Å². The number of amides is 1. The summed E-state index contributed by atoms with van der Waals surface area (Å²) in [4.78, 5) is 30.2. The van der Waals surface area contributed by atoms with Gasteiger partial charge in [-0.3, -0.25) is 14.4 Å². The third kappa shape index (κ3) is 14.2. The molecule has 0 bridgehead atoms. The molecular weight excluding hydrogens is 256 g/mol. The number of rotatable bonds is 8. The van der Waals surface area contributed by atoms with Gasteiger partial charge in [-0.05, 0) is 25.8 Å². The van der Waals surface area contributed by atoms with Gasteiger partial charge in [0.05, 0.1) is 0 Å². The van der Waals surface area contributed by atoms with Crippen molar-refractivity contribution in [3.05, 3.63) is 0 Å². The van der Waals surface area contributed by atoms with E-state index in [1.165, 1.54) is 0 Å². The lowest BCUT2D eigenvalue weighted by molar-refractivity contribution is -0.139. The van der Waals surface area contributed by atoms with Crippen LogP contribution in [0.2, 0.25) is 0 Å². The molecule has 0 fully saturated rings. The van der Waals surface area contributed by atoms with E-state index >= 15 is 0 Å². The van der Waals surface area contributed by atoms with E-state index in [1.807, 2.05) is 0 Å². The summed E-state index contributed by atoms with van der Waals surface area (Å²) in [7, 11) is 0. The average molecular weight is 278 g/mol. The highest BCUT2D eigenvalue weighted by Crippen LogP contribution is 1.92. The minimum absolute atomic E-state index is 0.0213. The second kappa shape index (κ2) is 11.4. The van der Waals surface area contributed by atoms with Gasteiger partial charge in [-0.15, -0.1) is 0 Å². The summed E-state index contributed by atoms with van der Waals surface area (Å²) < 4.78 is 0. The molecule has 0 heterocycles. The van der Waals surface area contributed by atoms with Gasteiger partial charge in [0.25, 0.3) is 0 Å². The average Bonchev–Trinajstić information content (AvgIpc) is 2.33. The first-order chi connectivity index (χ1) is 8.72. The predicted octanol–water partition coefficient (Wildman–Crippen LogP) is -2.20. The molecule has 0 aliphatic rings. The van der Waals surface area contributed by atoms with Gasteiger partial charge in [0.1, 0.15) is 12.1 Å². The molecule has 9 nitrogen and oxygen atoms in total. The molecule has 2 atom stereocenters. The van der Waals surface area contributed by atoms with Gasteiger partial charge in [0.15, 0.2) is 0 Å². The number of carboxylic acid groups (broad SMARTS) is 2. The van der Waals surface area contributed by atoms with Gasteiger partial charge >= 0.3 is 11.9 Å². The van der Waals surface area contributed by atoms with Gasteiger partial charge in [-0.2, -0.15) is 0 Å². The number of carbonyl (C=O) groups is 3. The monoisotopic (exact) mass is 278 g/mol. The van der Waals surface area contributed by atoms with Crippen molar-refractivity contribution in [2.45, 2.75) is 37.8 Å². The molecule has 0 unspecified atom stereocenters. The first kappa shape index (κ1) is 19.6. The Bertz CT molecular complexity index is 298. The molecule has 0 rings (SSSR count). The molecule has 0 aromatic rings. The van der Waals surface area contributed by atoms with Crippen LogP contribution in [-0.2, 0) is 14.4 Å². The van der Waals surface area contributed by atoms with Crippen molar-refractivity contribution in [1.29, 1.82) is 0 Å². The fraction of sp³-hybridized carbons (Fsp3) is 0.700. The molecule has 112 valence electrons. The van der Waals surface area contributed by atoms with E-state index in [4.69, 9.17) is 33.1 Å². The van der Waals surface area contributed by atoms with E-state index in [2.05, 4.69) is 0 Å². The largest absolute Gasteiger partial charge is 0.480 e. The van der Waals surface area contributed by atoms with Crippen LogP contribution in [0.3, 0.4) is 0 Å². The van der Waals surface area contributed by atoms with Crippen LogP contribution in [0.1, 0.15) is 25.7 Å². The summed E-state index contributed by atoms with van der Waals surface area (Å²) >= 11 is 0. The molecule has 9 heteroatoms. The number of hydrogen-bond acceptors (Lipinski definition) is 6. The second-order valence-corrected chi connectivity index (χ2v) is 3.83. The molecule has 0 aromatic heterocycles. The zero-order chi connectivity index (χ0) is 15.4. The zero-order valence-electron chi connectivity index (χ0n) is 10.6. The number of primary amides is 1. The molecule has 19 heavy (non-hydrogen) atoms. The number of carbonyl (C=O) groups excluding carboxylic acids is 1. The molecular formula is C10H22N4O5. The second-order valence-electron chi connectivity index (χ2n) is 3.83. The third-order valence-corrected chi connectivity index (χ3v) is 2.06. The molecule has 0 saturated heterocycles. The van der Waals surface area contributed by atoms with E-state index in [0.29, 0.717) is 19.4 Å². The van der Waals surface area contributed by atoms with E-state index in [9.17, 15) is 14.4 Å². The maximum Gasteiger partial charge on any atom is 0.320 e. The maximum absolute atomic E-state index is 10.1. The van der Waals surface area contributed by atoms with E-state index in [0.717, 1.165) is 0 Å². The van der Waals surface area contributed by atoms with E-state index in [-0.39, 0.29) is 12.8 Å². The lowest BCUT2D eigenvalue weighted by atomic mass is 10.2. The Morgan fingerprint density at radius 3 is 1.68 bits per heavy atom. The molecule has 1 amide bonds. The van der Waals surface area contributed by atoms with Crippen LogP contribution >= 0.6 is 0 Å². The van der Waals surface area contributed by atoms with Crippen molar-refractivity contribution in [2.24, 2.45) is 22.9 Å². The van der Waals surface area contributed by atoms with Crippen molar-refractivity contribution < 1.29 is 24.6 Å². The van der Waals surface area contributed by atoms with Crippen molar-refractivity contribution in [3.63, 3.8) is 0 Å². The molecule has 0 saturated carbocycles. The van der Waals surface area contributed by atoms with Gasteiger partial charge in [-0.1, -0.05) is 0 Å². The molecule has 0 aliphatic heterocycles. The summed E-state index contributed by atoms with van der Waals surface area (Å²) in [6.07, 6.45) is 1.26. The lowest BCUT2D eigenvalue weighted by Gasteiger charge is -2.02. The standard InChI is InChI=1S/C5H10N2O3.C5H12N2O2/c6-3(5(9)10)1-2-4(7)8;6-3-1-2-4(7)5(8)9/h3H,1-2,6H2,(H2,7,8)(H,9,10);4H,1-3,6-7H2,(H,8,9)/t3-;4-/m00/s1. The smallest absolute Gasteiger partial charge is 0.320 e. The third-order valence-electron chi connectivity index (χ3n) is 2.06. The Hall–Kier alpha value is -1.71. The number of nitrogens with two attached hydrogens (primary N) is 4. The predicted molar refractivity (Wildman–Crippen MR) is 67.9 cm³/mol. The van der Waals surface area contributed by atoms with Gasteiger partial charge < -0.3 is 33.1 Å². The highest BCUT2D eigenvalue weighted by atomic mass is 16.4. The van der Waals surface area contributed by atoms with Crippen LogP contribution in [0.15, 0.2) is 0 Å². The van der Waals surface area contributed by atoms with Crippen LogP contribution in [0.25, 0.3) is 0 Å². The van der Waals surface area contributed by atoms with Gasteiger partial charge in [0.2, 0.25) is 5.91 Å². The topological polar surface area (TPSA) is 196 Å².